The van der Waals surface area contributed by atoms with E-state index in [1.54, 1.807) is 19.2 Å². The normalized spacial score (nSPS) is 16.2. The van der Waals surface area contributed by atoms with Crippen molar-refractivity contribution in [1.82, 2.24) is 25.6 Å². The second-order valence-electron chi connectivity index (χ2n) is 8.79. The number of aryl methyl sites for hydroxylation is 1. The van der Waals surface area contributed by atoms with Crippen molar-refractivity contribution in [3.8, 4) is 0 Å². The maximum Gasteiger partial charge on any atom is 0.251 e. The molecule has 0 spiro atoms. The molecule has 1 atom stereocenters. The van der Waals surface area contributed by atoms with Crippen molar-refractivity contribution in [1.29, 1.82) is 0 Å². The van der Waals surface area contributed by atoms with Gasteiger partial charge in [-0.3, -0.25) is 4.79 Å². The molecule has 1 aliphatic heterocycles. The number of carbonyl (C=O) groups is 1. The van der Waals surface area contributed by atoms with Crippen molar-refractivity contribution < 1.29 is 4.79 Å². The molecule has 0 unspecified atom stereocenters. The number of hydrogen-bond acceptors (Lipinski definition) is 8. The van der Waals surface area contributed by atoms with Gasteiger partial charge in [-0.1, -0.05) is 26.8 Å². The quantitative estimate of drug-likeness (QED) is 0.471. The Bertz CT molecular complexity index is 887. The minimum absolute atomic E-state index is 0.0849. The first-order valence-electron chi connectivity index (χ1n) is 10.3. The summed E-state index contributed by atoms with van der Waals surface area (Å²) in [6, 6.07) is 5.78. The second kappa shape index (κ2) is 9.25. The molecule has 1 saturated heterocycles. The largest absolute Gasteiger partial charge is 0.355 e. The lowest BCUT2D eigenvalue weighted by Crippen LogP contribution is -2.25. The Morgan fingerprint density at radius 1 is 1.17 bits per heavy atom. The van der Waals surface area contributed by atoms with E-state index in [0.717, 1.165) is 37.3 Å². The van der Waals surface area contributed by atoms with Gasteiger partial charge in [-0.2, -0.15) is 15.0 Å². The van der Waals surface area contributed by atoms with Gasteiger partial charge in [-0.25, -0.2) is 0 Å². The summed E-state index contributed by atoms with van der Waals surface area (Å²) in [5, 5.41) is 15.9. The molecule has 1 amide bonds. The van der Waals surface area contributed by atoms with Crippen molar-refractivity contribution in [2.75, 3.05) is 42.6 Å². The molecule has 0 aliphatic carbocycles. The molecule has 5 N–H and O–H groups in total. The van der Waals surface area contributed by atoms with Crippen LogP contribution in [0.15, 0.2) is 18.2 Å². The average Bonchev–Trinajstić information content (AvgIpc) is 3.20. The highest BCUT2D eigenvalue weighted by Crippen LogP contribution is 2.22. The van der Waals surface area contributed by atoms with Crippen LogP contribution >= 0.6 is 0 Å². The van der Waals surface area contributed by atoms with Gasteiger partial charge in [0.15, 0.2) is 0 Å². The second-order valence-corrected chi connectivity index (χ2v) is 8.79. The van der Waals surface area contributed by atoms with Crippen LogP contribution in [-0.4, -0.2) is 53.6 Å². The fourth-order valence-corrected chi connectivity index (χ4v) is 3.04. The first-order valence-corrected chi connectivity index (χ1v) is 10.3. The lowest BCUT2D eigenvalue weighted by molar-refractivity contribution is 0.0963. The zero-order valence-corrected chi connectivity index (χ0v) is 18.4. The fourth-order valence-electron chi connectivity index (χ4n) is 3.04. The Morgan fingerprint density at radius 3 is 2.57 bits per heavy atom. The molecule has 1 aromatic carbocycles. The predicted molar refractivity (Wildman–Crippen MR) is 121 cm³/mol. The number of carbonyl (C=O) groups excluding carboxylic acids is 1. The van der Waals surface area contributed by atoms with E-state index in [9.17, 15) is 4.79 Å². The highest BCUT2D eigenvalue weighted by molar-refractivity contribution is 5.95. The standard InChI is InChI=1S/C21H32N8O/c1-13-6-7-14(17(30)22-5)10-16(13)26-20-28-18(24-12-21(2,3)4)27-19(29-20)25-15-8-9-23-11-15/h6-7,10,15,23H,8-9,11-12H2,1-5H3,(H,22,30)(H3,24,25,26,27,28,29)/t15-/m0/s1. The third kappa shape index (κ3) is 6.03. The highest BCUT2D eigenvalue weighted by Gasteiger charge is 2.18. The molecule has 2 aromatic rings. The number of anilines is 4. The summed E-state index contributed by atoms with van der Waals surface area (Å²) in [6.45, 7) is 11.0. The zero-order valence-electron chi connectivity index (χ0n) is 18.4. The number of benzene rings is 1. The van der Waals surface area contributed by atoms with Crippen molar-refractivity contribution in [2.24, 2.45) is 5.41 Å². The van der Waals surface area contributed by atoms with E-state index >= 15 is 0 Å². The van der Waals surface area contributed by atoms with Crippen LogP contribution in [0.1, 0.15) is 43.1 Å². The highest BCUT2D eigenvalue weighted by atomic mass is 16.1. The SMILES string of the molecule is CNC(=O)c1ccc(C)c(Nc2nc(NCC(C)(C)C)nc(N[C@H]3CCNC3)n2)c1. The number of amides is 1. The van der Waals surface area contributed by atoms with E-state index in [2.05, 4.69) is 62.3 Å². The molecule has 1 aromatic heterocycles. The maximum atomic E-state index is 12.0. The van der Waals surface area contributed by atoms with E-state index in [-0.39, 0.29) is 17.4 Å². The molecule has 1 fully saturated rings. The third-order valence-corrected chi connectivity index (χ3v) is 4.78. The monoisotopic (exact) mass is 412 g/mol. The summed E-state index contributed by atoms with van der Waals surface area (Å²) < 4.78 is 0. The summed E-state index contributed by atoms with van der Waals surface area (Å²) in [7, 11) is 1.62. The van der Waals surface area contributed by atoms with Crippen molar-refractivity contribution in [2.45, 2.75) is 40.2 Å². The van der Waals surface area contributed by atoms with Gasteiger partial charge < -0.3 is 26.6 Å². The summed E-state index contributed by atoms with van der Waals surface area (Å²) in [5.74, 6) is 1.32. The Kier molecular flexibility index (Phi) is 6.71. The minimum atomic E-state index is -0.141. The molecule has 0 radical (unpaired) electrons. The lowest BCUT2D eigenvalue weighted by atomic mass is 9.97. The predicted octanol–water partition coefficient (Wildman–Crippen LogP) is 2.52. The minimum Gasteiger partial charge on any atom is -0.355 e. The van der Waals surface area contributed by atoms with Gasteiger partial charge >= 0.3 is 0 Å². The summed E-state index contributed by atoms with van der Waals surface area (Å²) >= 11 is 0. The summed E-state index contributed by atoms with van der Waals surface area (Å²) in [5.41, 5.74) is 2.42. The molecule has 0 bridgehead atoms. The lowest BCUT2D eigenvalue weighted by Gasteiger charge is -2.20. The molecule has 9 nitrogen and oxygen atoms in total. The van der Waals surface area contributed by atoms with Crippen LogP contribution in [-0.2, 0) is 0 Å². The Morgan fingerprint density at radius 2 is 1.90 bits per heavy atom. The van der Waals surface area contributed by atoms with Crippen LogP contribution in [0.25, 0.3) is 0 Å². The molecule has 30 heavy (non-hydrogen) atoms. The van der Waals surface area contributed by atoms with Crippen LogP contribution in [0.4, 0.5) is 23.5 Å². The number of nitrogens with zero attached hydrogens (tertiary/aromatic N) is 3. The van der Waals surface area contributed by atoms with Crippen molar-refractivity contribution >= 4 is 29.4 Å². The van der Waals surface area contributed by atoms with Gasteiger partial charge in [0.2, 0.25) is 17.8 Å². The first kappa shape index (κ1) is 21.8. The van der Waals surface area contributed by atoms with E-state index in [1.165, 1.54) is 0 Å². The van der Waals surface area contributed by atoms with E-state index < -0.39 is 0 Å². The zero-order chi connectivity index (χ0) is 21.7. The topological polar surface area (TPSA) is 116 Å². The van der Waals surface area contributed by atoms with E-state index in [0.29, 0.717) is 23.4 Å². The van der Waals surface area contributed by atoms with Crippen molar-refractivity contribution in [3.05, 3.63) is 29.3 Å². The van der Waals surface area contributed by atoms with Crippen LogP contribution in [0.5, 0.6) is 0 Å². The van der Waals surface area contributed by atoms with Crippen LogP contribution < -0.4 is 26.6 Å². The molecule has 3 rings (SSSR count). The summed E-state index contributed by atoms with van der Waals surface area (Å²) in [4.78, 5) is 25.7. The molecule has 0 saturated carbocycles. The fraction of sp³-hybridized carbons (Fsp3) is 0.524. The molecular weight excluding hydrogens is 380 g/mol. The number of nitrogens with one attached hydrogen (secondary N) is 5. The van der Waals surface area contributed by atoms with E-state index in [1.807, 2.05) is 13.0 Å². The van der Waals surface area contributed by atoms with Gasteiger partial charge in [-0.05, 0) is 43.0 Å². The first-order chi connectivity index (χ1) is 14.2. The van der Waals surface area contributed by atoms with Gasteiger partial charge in [0, 0.05) is 37.4 Å². The molecule has 9 heteroatoms. The van der Waals surface area contributed by atoms with Gasteiger partial charge in [0.05, 0.1) is 0 Å². The summed E-state index contributed by atoms with van der Waals surface area (Å²) in [6.07, 6.45) is 1.02. The molecule has 1 aliphatic rings. The smallest absolute Gasteiger partial charge is 0.251 e. The maximum absolute atomic E-state index is 12.0. The average molecular weight is 413 g/mol. The third-order valence-electron chi connectivity index (χ3n) is 4.78. The number of rotatable bonds is 7. The molecule has 2 heterocycles. The van der Waals surface area contributed by atoms with E-state index in [4.69, 9.17) is 0 Å². The Hall–Kier alpha value is -2.94. The number of hydrogen-bond donors (Lipinski definition) is 5. The molecular formula is C21H32N8O. The Labute approximate surface area is 177 Å². The van der Waals surface area contributed by atoms with Gasteiger partial charge in [0.25, 0.3) is 5.91 Å². The molecule has 162 valence electrons. The van der Waals surface area contributed by atoms with Crippen molar-refractivity contribution in [3.63, 3.8) is 0 Å². The van der Waals surface area contributed by atoms with Crippen LogP contribution in [0.2, 0.25) is 0 Å². The Balaban J connectivity index is 1.87. The van der Waals surface area contributed by atoms with Crippen LogP contribution in [0, 0.1) is 12.3 Å². The van der Waals surface area contributed by atoms with Crippen LogP contribution in [0.3, 0.4) is 0 Å². The van der Waals surface area contributed by atoms with Gasteiger partial charge in [-0.15, -0.1) is 0 Å². The number of aromatic nitrogens is 3. The van der Waals surface area contributed by atoms with Gasteiger partial charge in [0.1, 0.15) is 0 Å².